The number of pyridine rings is 1. The van der Waals surface area contributed by atoms with Crippen molar-refractivity contribution in [3.05, 3.63) is 89.6 Å². The quantitative estimate of drug-likeness (QED) is 0.0616. The Labute approximate surface area is 362 Å². The first-order valence-corrected chi connectivity index (χ1v) is 21.7. The second-order valence-corrected chi connectivity index (χ2v) is 13.9. The lowest BCUT2D eigenvalue weighted by Gasteiger charge is -2.45. The highest BCUT2D eigenvalue weighted by molar-refractivity contribution is 7.80. The van der Waals surface area contributed by atoms with Crippen molar-refractivity contribution in [3.8, 4) is 0 Å². The lowest BCUT2D eigenvalue weighted by Crippen LogP contribution is -2.55. The number of benzene rings is 2. The van der Waals surface area contributed by atoms with Crippen LogP contribution in [0, 0.1) is 11.8 Å². The highest BCUT2D eigenvalue weighted by atomic mass is 32.1. The lowest BCUT2D eigenvalue weighted by atomic mass is 9.73. The number of fused-ring (bicyclic) bond motifs is 2. The van der Waals surface area contributed by atoms with Crippen LogP contribution in [0.2, 0.25) is 0 Å². The Morgan fingerprint density at radius 3 is 2.10 bits per heavy atom. The third-order valence-corrected chi connectivity index (χ3v) is 9.91. The largest absolute Gasteiger partial charge is 0.400 e. The third kappa shape index (κ3) is 21.0. The van der Waals surface area contributed by atoms with E-state index in [1.807, 2.05) is 52.0 Å². The normalized spacial score (nSPS) is 17.1. The zero-order valence-electron chi connectivity index (χ0n) is 36.7. The Morgan fingerprint density at radius 1 is 0.932 bits per heavy atom. The Balaban J connectivity index is 0. The molecule has 2 aromatic carbocycles. The zero-order chi connectivity index (χ0) is 43.9. The summed E-state index contributed by atoms with van der Waals surface area (Å²) in [6.07, 6.45) is 11.0. The average molecular weight is 839 g/mol. The van der Waals surface area contributed by atoms with E-state index in [0.29, 0.717) is 11.1 Å². The van der Waals surface area contributed by atoms with Crippen LogP contribution >= 0.6 is 12.6 Å². The summed E-state index contributed by atoms with van der Waals surface area (Å²) in [6, 6.07) is 20.3. The molecule has 0 spiro atoms. The van der Waals surface area contributed by atoms with Crippen molar-refractivity contribution in [2.45, 2.75) is 119 Å². The molecule has 59 heavy (non-hydrogen) atoms. The number of para-hydroxylation sites is 1. The number of carbonyl (C=O) groups is 4. The van der Waals surface area contributed by atoms with Gasteiger partial charge in [-0.3, -0.25) is 24.1 Å². The number of piperidine rings is 1. The van der Waals surface area contributed by atoms with Gasteiger partial charge in [-0.1, -0.05) is 129 Å². The molecule has 1 aliphatic carbocycles. The highest BCUT2D eigenvalue weighted by Gasteiger charge is 2.39. The maximum Gasteiger partial charge on any atom is 0.270 e. The van der Waals surface area contributed by atoms with Crippen LogP contribution in [0.3, 0.4) is 0 Å². The standard InChI is InChI=1S/C17H18N4O3.C16H30N2OS.C8H10.2C2H6.CH4O.CH4/c1-10(9-14(18)22)15(17(24)19-2)21-16(23)13-8-7-11-5-3-4-6-12(11)20-13;1-2-3-8-17-16(19)15-11-13-6-4-5-7-14(13)12-18(15)9-10-20;1-2-8-6-4-3-5-7-8;3*1-2;/h3-9,15H,1-2H3,(H2,18,22)(H,19,24)(H,21,23);13-15,20H,2-12H2,1H3,(H,17,19);3-7H,2H2,1H3;2*1-2H3;2H,1H3;1H4/t;13?,14?,15-;;;;;/m.0...../s1. The maximum absolute atomic E-state index is 12.5. The summed E-state index contributed by atoms with van der Waals surface area (Å²) in [5, 5.41) is 16.0. The molecule has 1 saturated heterocycles. The molecule has 0 bridgehead atoms. The molecule has 3 aromatic rings. The second kappa shape index (κ2) is 34.6. The number of nitrogens with two attached hydrogens (primary N) is 1. The van der Waals surface area contributed by atoms with Gasteiger partial charge in [0.25, 0.3) is 5.91 Å². The van der Waals surface area contributed by atoms with Gasteiger partial charge in [0.1, 0.15) is 11.7 Å². The number of hydrogen-bond acceptors (Lipinski definition) is 8. The van der Waals surface area contributed by atoms with Gasteiger partial charge in [-0.2, -0.15) is 12.6 Å². The first-order valence-electron chi connectivity index (χ1n) is 21.1. The predicted octanol–water partition coefficient (Wildman–Crippen LogP) is 7.77. The molecule has 0 radical (unpaired) electrons. The van der Waals surface area contributed by atoms with E-state index >= 15 is 0 Å². The Hall–Kier alpha value is -4.26. The number of rotatable bonds is 12. The van der Waals surface area contributed by atoms with Crippen molar-refractivity contribution in [2.24, 2.45) is 17.6 Å². The summed E-state index contributed by atoms with van der Waals surface area (Å²) in [7, 11) is 2.44. The van der Waals surface area contributed by atoms with E-state index < -0.39 is 23.8 Å². The number of likely N-dealkylation sites (N-methyl/N-ethyl adjacent to an activating group) is 1. The number of nitrogens with zero attached hydrogens (tertiary/aromatic N) is 2. The smallest absolute Gasteiger partial charge is 0.270 e. The number of aliphatic hydroxyl groups excluding tert-OH is 1. The summed E-state index contributed by atoms with van der Waals surface area (Å²) in [5.74, 6) is 1.02. The van der Waals surface area contributed by atoms with Crippen molar-refractivity contribution < 1.29 is 24.3 Å². The maximum atomic E-state index is 12.5. The molecule has 4 atom stereocenters. The van der Waals surface area contributed by atoms with Crippen LogP contribution in [-0.2, 0) is 20.8 Å². The number of likely N-dealkylation sites (tertiary alicyclic amines) is 1. The van der Waals surface area contributed by atoms with Gasteiger partial charge >= 0.3 is 0 Å². The van der Waals surface area contributed by atoms with E-state index in [0.717, 1.165) is 81.5 Å². The number of aryl methyl sites for hydroxylation is 1. The van der Waals surface area contributed by atoms with Crippen molar-refractivity contribution in [2.75, 3.05) is 39.5 Å². The monoisotopic (exact) mass is 839 g/mol. The molecule has 2 fully saturated rings. The van der Waals surface area contributed by atoms with Gasteiger partial charge in [0.2, 0.25) is 17.7 Å². The summed E-state index contributed by atoms with van der Waals surface area (Å²) < 4.78 is 0. The molecule has 1 saturated carbocycles. The number of primary amides is 1. The molecule has 12 heteroatoms. The van der Waals surface area contributed by atoms with E-state index in [-0.39, 0.29) is 25.1 Å². The van der Waals surface area contributed by atoms with E-state index in [9.17, 15) is 19.2 Å². The molecule has 3 unspecified atom stereocenters. The highest BCUT2D eigenvalue weighted by Crippen LogP contribution is 2.38. The molecular weight excluding hydrogens is 761 g/mol. The first kappa shape index (κ1) is 56.8. The van der Waals surface area contributed by atoms with Crippen LogP contribution < -0.4 is 21.7 Å². The fourth-order valence-electron chi connectivity index (χ4n) is 6.80. The van der Waals surface area contributed by atoms with Crippen molar-refractivity contribution in [3.63, 3.8) is 0 Å². The molecule has 2 heterocycles. The molecule has 4 amide bonds. The van der Waals surface area contributed by atoms with Crippen LogP contribution in [0.1, 0.15) is 117 Å². The van der Waals surface area contributed by atoms with E-state index in [2.05, 4.69) is 76.6 Å². The molecular formula is C47H78N6O5S. The number of aliphatic hydroxyl groups is 1. The van der Waals surface area contributed by atoms with Crippen molar-refractivity contribution in [1.29, 1.82) is 0 Å². The molecule has 1 aliphatic heterocycles. The second-order valence-electron chi connectivity index (χ2n) is 13.5. The van der Waals surface area contributed by atoms with Crippen LogP contribution in [0.25, 0.3) is 10.9 Å². The summed E-state index contributed by atoms with van der Waals surface area (Å²) in [5.41, 5.74) is 7.69. The fraction of sp³-hybridized carbons (Fsp3) is 0.553. The van der Waals surface area contributed by atoms with Gasteiger partial charge < -0.3 is 26.8 Å². The Morgan fingerprint density at radius 2 is 1.54 bits per heavy atom. The van der Waals surface area contributed by atoms with E-state index in [4.69, 9.17) is 10.8 Å². The van der Waals surface area contributed by atoms with Crippen LogP contribution in [0.4, 0.5) is 0 Å². The van der Waals surface area contributed by atoms with E-state index in [1.165, 1.54) is 38.3 Å². The Bertz CT molecular complexity index is 1620. The number of aromatic nitrogens is 1. The number of amides is 4. The topological polar surface area (TPSA) is 167 Å². The number of thiol groups is 1. The first-order chi connectivity index (χ1) is 28.1. The van der Waals surface area contributed by atoms with Crippen LogP contribution in [-0.4, -0.2) is 90.2 Å². The lowest BCUT2D eigenvalue weighted by molar-refractivity contribution is -0.130. The predicted molar refractivity (Wildman–Crippen MR) is 251 cm³/mol. The van der Waals surface area contributed by atoms with Crippen LogP contribution in [0.15, 0.2) is 78.4 Å². The number of hydrogen-bond donors (Lipinski definition) is 6. The van der Waals surface area contributed by atoms with Gasteiger partial charge in [-0.25, -0.2) is 4.98 Å². The SMILES string of the molecule is C.CC.CC.CCCCNC(=O)[C@@H]1CC2CCCCC2CN1CCS.CCc1ccccc1.CNC(=O)C(NC(=O)c1ccc2ccccc2n1)C(C)=CC(N)=O.CO. The fourth-order valence-corrected chi connectivity index (χ4v) is 7.06. The number of unbranched alkanes of at least 4 members (excludes halogenated alkanes) is 1. The van der Waals surface area contributed by atoms with E-state index in [1.54, 1.807) is 25.1 Å². The third-order valence-electron chi connectivity index (χ3n) is 9.71. The molecule has 6 N–H and O–H groups in total. The summed E-state index contributed by atoms with van der Waals surface area (Å²) in [6.45, 7) is 16.7. The van der Waals surface area contributed by atoms with Gasteiger partial charge in [-0.05, 0) is 67.7 Å². The number of carbonyl (C=O) groups excluding carboxylic acids is 4. The minimum Gasteiger partial charge on any atom is -0.400 e. The van der Waals surface area contributed by atoms with Crippen LogP contribution in [0.5, 0.6) is 0 Å². The minimum atomic E-state index is -1.01. The van der Waals surface area contributed by atoms with Gasteiger partial charge in [0.05, 0.1) is 11.6 Å². The van der Waals surface area contributed by atoms with Crippen molar-refractivity contribution >= 4 is 47.2 Å². The summed E-state index contributed by atoms with van der Waals surface area (Å²) in [4.78, 5) is 54.5. The molecule has 5 rings (SSSR count). The summed E-state index contributed by atoms with van der Waals surface area (Å²) >= 11 is 4.37. The number of nitrogens with one attached hydrogen (secondary N) is 3. The van der Waals surface area contributed by atoms with Gasteiger partial charge in [0.15, 0.2) is 0 Å². The molecule has 1 aromatic heterocycles. The zero-order valence-corrected chi connectivity index (χ0v) is 37.6. The Kier molecular flexibility index (Phi) is 33.3. The molecule has 332 valence electrons. The average Bonchev–Trinajstić information content (AvgIpc) is 3.27. The van der Waals surface area contributed by atoms with Gasteiger partial charge in [-0.15, -0.1) is 0 Å². The van der Waals surface area contributed by atoms with Crippen molar-refractivity contribution in [1.82, 2.24) is 25.8 Å². The molecule has 11 nitrogen and oxygen atoms in total. The molecule has 2 aliphatic rings. The minimum absolute atomic E-state index is 0. The van der Waals surface area contributed by atoms with Gasteiger partial charge in [0, 0.05) is 51.0 Å².